The molecular weight excluding hydrogens is 488 g/mol. The fourth-order valence-corrected chi connectivity index (χ4v) is 6.82. The van der Waals surface area contributed by atoms with E-state index >= 15 is 0 Å². The Morgan fingerprint density at radius 3 is 2.47 bits per heavy atom. The highest BCUT2D eigenvalue weighted by Crippen LogP contribution is 2.50. The predicted molar refractivity (Wildman–Crippen MR) is 135 cm³/mol. The Hall–Kier alpha value is -3.61. The third-order valence-corrected chi connectivity index (χ3v) is 8.59. The highest BCUT2D eigenvalue weighted by molar-refractivity contribution is 6.32. The summed E-state index contributed by atoms with van der Waals surface area (Å²) in [7, 11) is 3.11. The van der Waals surface area contributed by atoms with Gasteiger partial charge in [0.15, 0.2) is 34.7 Å². The molecule has 0 aromatic heterocycles. The fraction of sp³-hybridized carbons (Fsp3) is 0.483. The van der Waals surface area contributed by atoms with E-state index in [2.05, 4.69) is 17.9 Å². The van der Waals surface area contributed by atoms with Crippen LogP contribution in [0, 0.1) is 35.5 Å². The lowest BCUT2D eigenvalue weighted by molar-refractivity contribution is -0.181. The second kappa shape index (κ2) is 9.29. The summed E-state index contributed by atoms with van der Waals surface area (Å²) in [6.45, 7) is 0. The summed E-state index contributed by atoms with van der Waals surface area (Å²) in [5.41, 5.74) is 4.68. The minimum absolute atomic E-state index is 0.0115. The Morgan fingerprint density at radius 2 is 1.84 bits per heavy atom. The Balaban J connectivity index is 1.60. The van der Waals surface area contributed by atoms with Gasteiger partial charge in [0.05, 0.1) is 17.5 Å². The molecule has 0 spiro atoms. The second-order valence-electron chi connectivity index (χ2n) is 11.0. The molecule has 6 atom stereocenters. The smallest absolute Gasteiger partial charge is 0.235 e. The van der Waals surface area contributed by atoms with Crippen molar-refractivity contribution in [2.45, 2.75) is 50.2 Å². The number of likely N-dealkylation sites (N-methyl/N-ethyl adjacent to an activating group) is 1. The van der Waals surface area contributed by atoms with Crippen LogP contribution in [0.5, 0.6) is 5.75 Å². The van der Waals surface area contributed by atoms with Crippen LogP contribution in [0.2, 0.25) is 0 Å². The number of hydrogen-bond acceptors (Lipinski definition) is 8. The number of rotatable bonds is 2. The van der Waals surface area contributed by atoms with Crippen molar-refractivity contribution in [3.8, 4) is 17.6 Å². The van der Waals surface area contributed by atoms with Crippen LogP contribution in [0.4, 0.5) is 0 Å². The molecule has 5 rings (SSSR count). The Bertz CT molecular complexity index is 1380. The maximum absolute atomic E-state index is 13.8. The second-order valence-corrected chi connectivity index (χ2v) is 11.0. The molecule has 1 aromatic carbocycles. The monoisotopic (exact) mass is 518 g/mol. The van der Waals surface area contributed by atoms with Gasteiger partial charge in [-0.2, -0.15) is 0 Å². The zero-order chi connectivity index (χ0) is 27.5. The van der Waals surface area contributed by atoms with Crippen molar-refractivity contribution in [3.63, 3.8) is 0 Å². The quantitative estimate of drug-likeness (QED) is 0.382. The van der Waals surface area contributed by atoms with Crippen molar-refractivity contribution in [1.29, 1.82) is 0 Å². The molecule has 1 amide bonds. The van der Waals surface area contributed by atoms with Gasteiger partial charge in [-0.05, 0) is 81.8 Å². The van der Waals surface area contributed by atoms with Crippen molar-refractivity contribution in [2.24, 2.45) is 29.4 Å². The number of Topliss-reactive ketones (excluding diaryl/α,β-unsaturated/α-hetero) is 4. The van der Waals surface area contributed by atoms with Crippen LogP contribution in [0.15, 0.2) is 23.8 Å². The van der Waals surface area contributed by atoms with Gasteiger partial charge in [0.25, 0.3) is 0 Å². The SMILES string of the molecule is CN(C)[C@H]1C(=O)C(C(N)=O)C(=O)[C@]2(O)C(=O)C3C(=O)c4c(O)ccc(C#CC5=CCCCC5)c4C[C@@H]3C[C@H]12. The molecule has 2 saturated carbocycles. The average Bonchev–Trinajstić information content (AvgIpc) is 2.86. The number of benzene rings is 1. The number of fused-ring (bicyclic) bond motifs is 3. The average molecular weight is 519 g/mol. The number of ketones is 4. The summed E-state index contributed by atoms with van der Waals surface area (Å²) >= 11 is 0. The molecule has 0 bridgehead atoms. The lowest BCUT2D eigenvalue weighted by Gasteiger charge is -2.52. The molecule has 9 heteroatoms. The molecule has 1 aromatic rings. The minimum atomic E-state index is -2.72. The van der Waals surface area contributed by atoms with Crippen LogP contribution in [0.3, 0.4) is 0 Å². The molecule has 0 saturated heterocycles. The highest BCUT2D eigenvalue weighted by atomic mass is 16.3. The molecule has 4 aliphatic carbocycles. The Morgan fingerprint density at radius 1 is 1.11 bits per heavy atom. The first-order chi connectivity index (χ1) is 18.0. The lowest BCUT2D eigenvalue weighted by Crippen LogP contribution is -2.74. The number of nitrogens with zero attached hydrogens (tertiary/aromatic N) is 1. The van der Waals surface area contributed by atoms with Gasteiger partial charge in [-0.15, -0.1) is 0 Å². The largest absolute Gasteiger partial charge is 0.507 e. The van der Waals surface area contributed by atoms with Crippen molar-refractivity contribution in [3.05, 3.63) is 40.5 Å². The summed E-state index contributed by atoms with van der Waals surface area (Å²) in [5, 5.41) is 22.2. The molecule has 0 aliphatic heterocycles. The van der Waals surface area contributed by atoms with Gasteiger partial charge in [0, 0.05) is 11.5 Å². The molecule has 4 aliphatic rings. The Kier molecular flexibility index (Phi) is 6.36. The van der Waals surface area contributed by atoms with Crippen LogP contribution < -0.4 is 5.73 Å². The molecule has 2 unspecified atom stereocenters. The summed E-state index contributed by atoms with van der Waals surface area (Å²) in [6.07, 6.45) is 6.34. The molecular formula is C29H30N2O7. The van der Waals surface area contributed by atoms with E-state index < -0.39 is 64.4 Å². The summed E-state index contributed by atoms with van der Waals surface area (Å²) < 4.78 is 0. The van der Waals surface area contributed by atoms with E-state index in [9.17, 15) is 34.2 Å². The number of hydrogen-bond donors (Lipinski definition) is 3. The zero-order valence-corrected chi connectivity index (χ0v) is 21.3. The highest BCUT2D eigenvalue weighted by Gasteiger charge is 2.69. The van der Waals surface area contributed by atoms with Crippen molar-refractivity contribution >= 4 is 29.0 Å². The number of phenolic OH excluding ortho intramolecular Hbond substituents is 1. The van der Waals surface area contributed by atoms with E-state index in [1.165, 1.54) is 11.0 Å². The van der Waals surface area contributed by atoms with E-state index in [4.69, 9.17) is 5.73 Å². The van der Waals surface area contributed by atoms with E-state index in [1.54, 1.807) is 20.2 Å². The van der Waals surface area contributed by atoms with E-state index in [0.29, 0.717) is 11.1 Å². The first kappa shape index (κ1) is 26.0. The van der Waals surface area contributed by atoms with Gasteiger partial charge in [-0.3, -0.25) is 28.9 Å². The van der Waals surface area contributed by atoms with E-state index in [-0.39, 0.29) is 24.2 Å². The molecule has 0 radical (unpaired) electrons. The topological polar surface area (TPSA) is 155 Å². The summed E-state index contributed by atoms with van der Waals surface area (Å²) in [4.78, 5) is 67.5. The molecule has 4 N–H and O–H groups in total. The third kappa shape index (κ3) is 3.74. The van der Waals surface area contributed by atoms with Crippen molar-refractivity contribution in [2.75, 3.05) is 14.1 Å². The number of primary amides is 1. The summed E-state index contributed by atoms with van der Waals surface area (Å²) in [6, 6.07) is 1.88. The normalized spacial score (nSPS) is 32.5. The Labute approximate surface area is 220 Å². The van der Waals surface area contributed by atoms with E-state index in [1.807, 2.05) is 0 Å². The van der Waals surface area contributed by atoms with E-state index in [0.717, 1.165) is 31.3 Å². The third-order valence-electron chi connectivity index (χ3n) is 8.59. The number of nitrogens with two attached hydrogens (primary N) is 1. The number of phenols is 1. The van der Waals surface area contributed by atoms with Gasteiger partial charge >= 0.3 is 0 Å². The number of carbonyl (C=O) groups excluding carboxylic acids is 5. The van der Waals surface area contributed by atoms with Gasteiger partial charge < -0.3 is 15.9 Å². The predicted octanol–water partition coefficient (Wildman–Crippen LogP) is 0.719. The molecule has 9 nitrogen and oxygen atoms in total. The molecule has 0 heterocycles. The number of allylic oxidation sites excluding steroid dienone is 2. The maximum Gasteiger partial charge on any atom is 0.235 e. The van der Waals surface area contributed by atoms with Crippen LogP contribution in [-0.2, 0) is 25.6 Å². The number of aromatic hydroxyl groups is 1. The maximum atomic E-state index is 13.8. The van der Waals surface area contributed by atoms with Crippen LogP contribution >= 0.6 is 0 Å². The van der Waals surface area contributed by atoms with Crippen LogP contribution in [0.25, 0.3) is 0 Å². The van der Waals surface area contributed by atoms with Crippen molar-refractivity contribution < 1.29 is 34.2 Å². The lowest BCUT2D eigenvalue weighted by atomic mass is 9.52. The zero-order valence-electron chi connectivity index (χ0n) is 21.3. The van der Waals surface area contributed by atoms with Gasteiger partial charge in [-0.25, -0.2) is 0 Å². The minimum Gasteiger partial charge on any atom is -0.507 e. The van der Waals surface area contributed by atoms with Gasteiger partial charge in [0.2, 0.25) is 5.91 Å². The van der Waals surface area contributed by atoms with Crippen LogP contribution in [-0.4, -0.2) is 69.9 Å². The standard InChI is InChI=1S/C29H30N2O7/c1-31(2)23-18-13-16-12-17-15(9-8-14-6-4-3-5-7-14)10-11-19(32)21(17)24(33)20(16)26(35)29(18,38)27(36)22(25(23)34)28(30)37/h6,10-11,16,18,20,22-23,32,38H,3-5,7,12-13H2,1-2H3,(H2,30,37)/t16-,18-,20?,22?,23-,29-/m1/s1. The number of aliphatic hydroxyl groups is 1. The molecule has 38 heavy (non-hydrogen) atoms. The van der Waals surface area contributed by atoms with Crippen molar-refractivity contribution in [1.82, 2.24) is 4.90 Å². The van der Waals surface area contributed by atoms with Gasteiger partial charge in [-0.1, -0.05) is 17.9 Å². The molecule has 198 valence electrons. The van der Waals surface area contributed by atoms with Gasteiger partial charge in [0.1, 0.15) is 5.75 Å². The fourth-order valence-electron chi connectivity index (χ4n) is 6.82. The number of carbonyl (C=O) groups is 5. The first-order valence-electron chi connectivity index (χ1n) is 12.9. The number of amides is 1. The van der Waals surface area contributed by atoms with Crippen LogP contribution in [0.1, 0.15) is 53.6 Å². The summed E-state index contributed by atoms with van der Waals surface area (Å²) in [5.74, 6) is -4.21. The molecule has 2 fully saturated rings. The first-order valence-corrected chi connectivity index (χ1v) is 12.9.